The van der Waals surface area contributed by atoms with Crippen LogP contribution in [-0.2, 0) is 24.2 Å². The van der Waals surface area contributed by atoms with Gasteiger partial charge in [0.25, 0.3) is 0 Å². The Balaban J connectivity index is 1.69. The molecule has 0 saturated heterocycles. The average molecular weight is 301 g/mol. The zero-order chi connectivity index (χ0) is 14.7. The minimum atomic E-state index is -0.0492. The molecular weight excluding hydrogens is 284 g/mol. The Morgan fingerprint density at radius 1 is 1.19 bits per heavy atom. The van der Waals surface area contributed by atoms with E-state index in [2.05, 4.69) is 16.7 Å². The Labute approximate surface area is 129 Å². The van der Waals surface area contributed by atoms with E-state index in [0.717, 1.165) is 30.8 Å². The molecule has 0 aromatic heterocycles. The molecule has 0 atom stereocenters. The maximum Gasteiger partial charge on any atom is 0.228 e. The van der Waals surface area contributed by atoms with Gasteiger partial charge in [-0.3, -0.25) is 4.79 Å². The second-order valence-corrected chi connectivity index (χ2v) is 5.63. The number of nitrogens with one attached hydrogen (secondary N) is 2. The molecule has 21 heavy (non-hydrogen) atoms. The fraction of sp³-hybridized carbons (Fsp3) is 0.235. The number of carbonyl (C=O) groups is 1. The molecular formula is C17H17ClN2O. The zero-order valence-corrected chi connectivity index (χ0v) is 12.4. The van der Waals surface area contributed by atoms with Crippen molar-refractivity contribution in [2.75, 3.05) is 11.9 Å². The van der Waals surface area contributed by atoms with Crippen LogP contribution in [0.5, 0.6) is 0 Å². The standard InChI is InChI=1S/C17H17ClN2O/c18-16-4-2-1-3-13(16)10-17(21)20-15-6-5-12-7-8-19-11-14(12)9-15/h1-6,9,19H,7-8,10-11H2,(H,20,21). The summed E-state index contributed by atoms with van der Waals surface area (Å²) in [5.74, 6) is -0.0492. The normalized spacial score (nSPS) is 13.6. The number of carbonyl (C=O) groups excluding carboxylic acids is 1. The Kier molecular flexibility index (Phi) is 4.23. The van der Waals surface area contributed by atoms with Crippen LogP contribution in [0.3, 0.4) is 0 Å². The minimum Gasteiger partial charge on any atom is -0.326 e. The van der Waals surface area contributed by atoms with Crippen LogP contribution in [0, 0.1) is 0 Å². The predicted molar refractivity (Wildman–Crippen MR) is 85.6 cm³/mol. The molecule has 2 aromatic rings. The van der Waals surface area contributed by atoms with Gasteiger partial charge in [0, 0.05) is 17.3 Å². The molecule has 3 nitrogen and oxygen atoms in total. The first kappa shape index (κ1) is 14.1. The monoisotopic (exact) mass is 300 g/mol. The summed E-state index contributed by atoms with van der Waals surface area (Å²) in [7, 11) is 0. The van der Waals surface area contributed by atoms with Gasteiger partial charge in [0.05, 0.1) is 6.42 Å². The second kappa shape index (κ2) is 6.29. The van der Waals surface area contributed by atoms with Crippen LogP contribution in [0.4, 0.5) is 5.69 Å². The van der Waals surface area contributed by atoms with Crippen molar-refractivity contribution in [2.45, 2.75) is 19.4 Å². The lowest BCUT2D eigenvalue weighted by molar-refractivity contribution is -0.115. The van der Waals surface area contributed by atoms with Crippen molar-refractivity contribution in [1.82, 2.24) is 5.32 Å². The van der Waals surface area contributed by atoms with Crippen molar-refractivity contribution < 1.29 is 4.79 Å². The van der Waals surface area contributed by atoms with Gasteiger partial charge in [-0.2, -0.15) is 0 Å². The molecule has 2 aromatic carbocycles. The van der Waals surface area contributed by atoms with Crippen LogP contribution in [0.2, 0.25) is 5.02 Å². The summed E-state index contributed by atoms with van der Waals surface area (Å²) in [5, 5.41) is 6.91. The molecule has 1 aliphatic rings. The lowest BCUT2D eigenvalue weighted by Gasteiger charge is -2.18. The molecule has 4 heteroatoms. The average Bonchev–Trinajstić information content (AvgIpc) is 2.49. The van der Waals surface area contributed by atoms with E-state index in [1.54, 1.807) is 6.07 Å². The minimum absolute atomic E-state index is 0.0492. The smallest absolute Gasteiger partial charge is 0.228 e. The van der Waals surface area contributed by atoms with Crippen LogP contribution >= 0.6 is 11.6 Å². The van der Waals surface area contributed by atoms with Gasteiger partial charge < -0.3 is 10.6 Å². The number of anilines is 1. The highest BCUT2D eigenvalue weighted by Crippen LogP contribution is 2.20. The van der Waals surface area contributed by atoms with Gasteiger partial charge in [-0.05, 0) is 47.9 Å². The Morgan fingerprint density at radius 2 is 2.05 bits per heavy atom. The first-order valence-electron chi connectivity index (χ1n) is 7.08. The van der Waals surface area contributed by atoms with Gasteiger partial charge >= 0.3 is 0 Å². The van der Waals surface area contributed by atoms with Gasteiger partial charge in [0.2, 0.25) is 5.91 Å². The molecule has 0 aliphatic carbocycles. The third-order valence-corrected chi connectivity index (χ3v) is 4.05. The summed E-state index contributed by atoms with van der Waals surface area (Å²) in [5.41, 5.74) is 4.31. The van der Waals surface area contributed by atoms with E-state index < -0.39 is 0 Å². The number of hydrogen-bond acceptors (Lipinski definition) is 2. The van der Waals surface area contributed by atoms with E-state index in [1.165, 1.54) is 11.1 Å². The summed E-state index contributed by atoms with van der Waals surface area (Å²) >= 11 is 6.08. The van der Waals surface area contributed by atoms with Crippen molar-refractivity contribution in [3.05, 3.63) is 64.2 Å². The number of benzene rings is 2. The molecule has 0 bridgehead atoms. The topological polar surface area (TPSA) is 41.1 Å². The fourth-order valence-electron chi connectivity index (χ4n) is 2.58. The molecule has 0 spiro atoms. The quantitative estimate of drug-likeness (QED) is 0.914. The summed E-state index contributed by atoms with van der Waals surface area (Å²) in [6.07, 6.45) is 1.33. The van der Waals surface area contributed by atoms with Crippen molar-refractivity contribution in [2.24, 2.45) is 0 Å². The molecule has 1 aliphatic heterocycles. The summed E-state index contributed by atoms with van der Waals surface area (Å²) < 4.78 is 0. The molecule has 0 unspecified atom stereocenters. The Hall–Kier alpha value is -1.84. The van der Waals surface area contributed by atoms with E-state index in [-0.39, 0.29) is 12.3 Å². The van der Waals surface area contributed by atoms with E-state index in [0.29, 0.717) is 5.02 Å². The van der Waals surface area contributed by atoms with Crippen molar-refractivity contribution in [1.29, 1.82) is 0 Å². The van der Waals surface area contributed by atoms with Crippen LogP contribution in [0.15, 0.2) is 42.5 Å². The van der Waals surface area contributed by atoms with Crippen LogP contribution in [0.1, 0.15) is 16.7 Å². The number of fused-ring (bicyclic) bond motifs is 1. The fourth-order valence-corrected chi connectivity index (χ4v) is 2.78. The SMILES string of the molecule is O=C(Cc1ccccc1Cl)Nc1ccc2c(c1)CNCC2. The molecule has 2 N–H and O–H groups in total. The molecule has 3 rings (SSSR count). The van der Waals surface area contributed by atoms with E-state index >= 15 is 0 Å². The number of hydrogen-bond donors (Lipinski definition) is 2. The summed E-state index contributed by atoms with van der Waals surface area (Å²) in [6.45, 7) is 1.88. The van der Waals surface area contributed by atoms with E-state index in [4.69, 9.17) is 11.6 Å². The highest BCUT2D eigenvalue weighted by atomic mass is 35.5. The molecule has 0 fully saturated rings. The molecule has 108 valence electrons. The number of halogens is 1. The number of rotatable bonds is 3. The zero-order valence-electron chi connectivity index (χ0n) is 11.7. The second-order valence-electron chi connectivity index (χ2n) is 5.23. The Bertz CT molecular complexity index is 670. The number of amides is 1. The van der Waals surface area contributed by atoms with Crippen molar-refractivity contribution >= 4 is 23.2 Å². The first-order chi connectivity index (χ1) is 10.2. The highest BCUT2D eigenvalue weighted by Gasteiger charge is 2.11. The van der Waals surface area contributed by atoms with Gasteiger partial charge in [-0.15, -0.1) is 0 Å². The molecule has 1 heterocycles. The van der Waals surface area contributed by atoms with Gasteiger partial charge in [-0.1, -0.05) is 35.9 Å². The maximum absolute atomic E-state index is 12.1. The lowest BCUT2D eigenvalue weighted by Crippen LogP contribution is -2.24. The molecule has 0 radical (unpaired) electrons. The van der Waals surface area contributed by atoms with E-state index in [1.807, 2.05) is 30.3 Å². The third-order valence-electron chi connectivity index (χ3n) is 3.69. The van der Waals surface area contributed by atoms with Crippen molar-refractivity contribution in [3.8, 4) is 0 Å². The molecule has 1 amide bonds. The van der Waals surface area contributed by atoms with Gasteiger partial charge in [-0.25, -0.2) is 0 Å². The summed E-state index contributed by atoms with van der Waals surface area (Å²) in [6, 6.07) is 13.5. The van der Waals surface area contributed by atoms with Crippen LogP contribution < -0.4 is 10.6 Å². The third kappa shape index (κ3) is 3.43. The first-order valence-corrected chi connectivity index (χ1v) is 7.46. The molecule has 0 saturated carbocycles. The predicted octanol–water partition coefficient (Wildman–Crippen LogP) is 3.17. The largest absolute Gasteiger partial charge is 0.326 e. The van der Waals surface area contributed by atoms with Crippen LogP contribution in [-0.4, -0.2) is 12.5 Å². The lowest BCUT2D eigenvalue weighted by atomic mass is 10.0. The van der Waals surface area contributed by atoms with Crippen LogP contribution in [0.25, 0.3) is 0 Å². The van der Waals surface area contributed by atoms with E-state index in [9.17, 15) is 4.79 Å². The van der Waals surface area contributed by atoms with Gasteiger partial charge in [0.1, 0.15) is 0 Å². The maximum atomic E-state index is 12.1. The summed E-state index contributed by atoms with van der Waals surface area (Å²) in [4.78, 5) is 12.1. The highest BCUT2D eigenvalue weighted by molar-refractivity contribution is 6.31. The Morgan fingerprint density at radius 3 is 2.90 bits per heavy atom. The van der Waals surface area contributed by atoms with Gasteiger partial charge in [0.15, 0.2) is 0 Å². The van der Waals surface area contributed by atoms with Crippen molar-refractivity contribution in [3.63, 3.8) is 0 Å².